The number of amides is 2. The van der Waals surface area contributed by atoms with E-state index < -0.39 is 23.8 Å². The molecular formula is C16H15N3O4. The van der Waals surface area contributed by atoms with Crippen LogP contribution < -0.4 is 0 Å². The molecule has 1 unspecified atom stereocenters. The zero-order valence-corrected chi connectivity index (χ0v) is 12.5. The summed E-state index contributed by atoms with van der Waals surface area (Å²) in [5, 5.41) is 4.00. The van der Waals surface area contributed by atoms with Gasteiger partial charge < -0.3 is 4.74 Å². The van der Waals surface area contributed by atoms with Gasteiger partial charge in [0.05, 0.1) is 6.20 Å². The van der Waals surface area contributed by atoms with Gasteiger partial charge in [0.15, 0.2) is 0 Å². The topological polar surface area (TPSA) is 81.5 Å². The molecule has 7 nitrogen and oxygen atoms in total. The quantitative estimate of drug-likeness (QED) is 0.623. The van der Waals surface area contributed by atoms with E-state index in [9.17, 15) is 14.4 Å². The van der Waals surface area contributed by atoms with E-state index in [1.165, 1.54) is 0 Å². The molecule has 1 saturated heterocycles. The minimum atomic E-state index is -0.822. The van der Waals surface area contributed by atoms with Gasteiger partial charge in [-0.3, -0.25) is 14.3 Å². The number of Topliss-reactive ketones (excluding diaryl/α,β-unsaturated/α-hetero) is 1. The zero-order chi connectivity index (χ0) is 16.4. The third-order valence-corrected chi connectivity index (χ3v) is 3.63. The summed E-state index contributed by atoms with van der Waals surface area (Å²) < 4.78 is 6.71. The number of nitrogens with zero attached hydrogens (tertiary/aromatic N) is 3. The Bertz CT molecular complexity index is 754. The minimum Gasteiger partial charge on any atom is -0.444 e. The smallest absolute Gasteiger partial charge is 0.417 e. The summed E-state index contributed by atoms with van der Waals surface area (Å²) in [7, 11) is 1.75. The summed E-state index contributed by atoms with van der Waals surface area (Å²) >= 11 is 0. The summed E-state index contributed by atoms with van der Waals surface area (Å²) in [6.45, 7) is 0.0528. The highest BCUT2D eigenvalue weighted by Crippen LogP contribution is 2.21. The maximum atomic E-state index is 12.1. The lowest BCUT2D eigenvalue weighted by atomic mass is 9.95. The fraction of sp³-hybridized carbons (Fsp3) is 0.250. The fourth-order valence-corrected chi connectivity index (χ4v) is 2.44. The number of benzene rings is 1. The summed E-state index contributed by atoms with van der Waals surface area (Å²) in [5.74, 6) is -1.40. The van der Waals surface area contributed by atoms with E-state index in [2.05, 4.69) is 5.10 Å². The lowest BCUT2D eigenvalue weighted by Crippen LogP contribution is -2.64. The molecule has 1 aromatic carbocycles. The molecule has 0 saturated carbocycles. The Kier molecular flexibility index (Phi) is 3.92. The van der Waals surface area contributed by atoms with Crippen molar-refractivity contribution < 1.29 is 19.1 Å². The number of hydrogen-bond donors (Lipinski definition) is 0. The first kappa shape index (κ1) is 15.0. The van der Waals surface area contributed by atoms with E-state index in [4.69, 9.17) is 4.74 Å². The fourth-order valence-electron chi connectivity index (χ4n) is 2.44. The molecule has 0 bridgehead atoms. The summed E-state index contributed by atoms with van der Waals surface area (Å²) in [6, 6.07) is 8.31. The molecule has 1 aliphatic rings. The van der Waals surface area contributed by atoms with Gasteiger partial charge in [-0.05, 0) is 11.1 Å². The molecule has 0 spiro atoms. The second-order valence-electron chi connectivity index (χ2n) is 5.32. The molecule has 118 valence electrons. The van der Waals surface area contributed by atoms with Crippen LogP contribution in [0.4, 0.5) is 4.79 Å². The number of carbonyl (C=O) groups excluding carboxylic acids is 3. The highest BCUT2D eigenvalue weighted by Gasteiger charge is 2.50. The van der Waals surface area contributed by atoms with Gasteiger partial charge in [0.1, 0.15) is 12.6 Å². The van der Waals surface area contributed by atoms with Crippen LogP contribution in [0.5, 0.6) is 0 Å². The van der Waals surface area contributed by atoms with Gasteiger partial charge in [-0.25, -0.2) is 9.69 Å². The zero-order valence-electron chi connectivity index (χ0n) is 12.5. The first-order valence-electron chi connectivity index (χ1n) is 7.12. The van der Waals surface area contributed by atoms with Gasteiger partial charge in [-0.15, -0.1) is 0 Å². The van der Waals surface area contributed by atoms with Crippen LogP contribution in [0.25, 0.3) is 0 Å². The van der Waals surface area contributed by atoms with Crippen molar-refractivity contribution in [1.82, 2.24) is 14.7 Å². The number of ketones is 1. The first-order valence-corrected chi connectivity index (χ1v) is 7.12. The number of aromatic nitrogens is 2. The van der Waals surface area contributed by atoms with Crippen LogP contribution in [0.2, 0.25) is 0 Å². The molecule has 1 aliphatic heterocycles. The Labute approximate surface area is 132 Å². The average Bonchev–Trinajstić information content (AvgIpc) is 2.98. The summed E-state index contributed by atoms with van der Waals surface area (Å²) in [6.07, 6.45) is 2.79. The van der Waals surface area contributed by atoms with Crippen molar-refractivity contribution in [2.45, 2.75) is 19.1 Å². The number of carbonyl (C=O) groups is 3. The largest absolute Gasteiger partial charge is 0.444 e. The van der Waals surface area contributed by atoms with Crippen molar-refractivity contribution in [2.24, 2.45) is 7.05 Å². The monoisotopic (exact) mass is 313 g/mol. The van der Waals surface area contributed by atoms with E-state index in [0.717, 1.165) is 16.0 Å². The molecular weight excluding hydrogens is 298 g/mol. The predicted molar refractivity (Wildman–Crippen MR) is 79.2 cm³/mol. The minimum absolute atomic E-state index is 0.0528. The van der Waals surface area contributed by atoms with Gasteiger partial charge in [-0.1, -0.05) is 30.3 Å². The highest BCUT2D eigenvalue weighted by molar-refractivity contribution is 6.47. The maximum Gasteiger partial charge on any atom is 0.417 e. The third kappa shape index (κ3) is 2.98. The van der Waals surface area contributed by atoms with Crippen LogP contribution in [0.1, 0.15) is 11.1 Å². The Morgan fingerprint density at radius 1 is 1.22 bits per heavy atom. The molecule has 2 amide bonds. The highest BCUT2D eigenvalue weighted by atomic mass is 16.6. The number of likely N-dealkylation sites (tertiary alicyclic amines) is 1. The number of rotatable bonds is 4. The Morgan fingerprint density at radius 3 is 2.61 bits per heavy atom. The van der Waals surface area contributed by atoms with Crippen LogP contribution in [-0.4, -0.2) is 38.5 Å². The normalized spacial score (nSPS) is 17.1. The SMILES string of the molecule is Cn1cc(CC2C(=O)C(=O)N2C(=O)OCc2ccccc2)cn1. The van der Waals surface area contributed by atoms with Gasteiger partial charge in [0.2, 0.25) is 5.78 Å². The third-order valence-electron chi connectivity index (χ3n) is 3.63. The van der Waals surface area contributed by atoms with E-state index in [1.807, 2.05) is 30.3 Å². The number of hydrogen-bond acceptors (Lipinski definition) is 5. The molecule has 0 aliphatic carbocycles. The Hall–Kier alpha value is -2.96. The molecule has 3 rings (SSSR count). The lowest BCUT2D eigenvalue weighted by molar-refractivity contribution is -0.158. The van der Waals surface area contributed by atoms with Gasteiger partial charge in [-0.2, -0.15) is 5.10 Å². The Morgan fingerprint density at radius 2 is 1.96 bits per heavy atom. The molecule has 23 heavy (non-hydrogen) atoms. The van der Waals surface area contributed by atoms with Crippen LogP contribution in [0.15, 0.2) is 42.7 Å². The molecule has 1 fully saturated rings. The number of ether oxygens (including phenoxy) is 1. The molecule has 0 radical (unpaired) electrons. The molecule has 2 aromatic rings. The average molecular weight is 313 g/mol. The van der Waals surface area contributed by atoms with Gasteiger partial charge in [0, 0.05) is 19.7 Å². The number of imide groups is 1. The van der Waals surface area contributed by atoms with E-state index >= 15 is 0 Å². The van der Waals surface area contributed by atoms with Gasteiger partial charge in [0.25, 0.3) is 0 Å². The van der Waals surface area contributed by atoms with Crippen LogP contribution in [0, 0.1) is 0 Å². The standard InChI is InChI=1S/C16H15N3O4/c1-18-9-12(8-17-18)7-13-14(20)15(21)19(13)16(22)23-10-11-5-3-2-4-6-11/h2-6,8-9,13H,7,10H2,1H3. The molecule has 1 aromatic heterocycles. The molecule has 1 atom stereocenters. The lowest BCUT2D eigenvalue weighted by Gasteiger charge is -2.35. The van der Waals surface area contributed by atoms with E-state index in [1.54, 1.807) is 24.1 Å². The molecule has 7 heteroatoms. The number of β-lactam (4-membered cyclic amide) rings is 1. The van der Waals surface area contributed by atoms with Crippen molar-refractivity contribution in [3.8, 4) is 0 Å². The summed E-state index contributed by atoms with van der Waals surface area (Å²) in [5.41, 5.74) is 1.59. The molecule has 0 N–H and O–H groups in total. The summed E-state index contributed by atoms with van der Waals surface area (Å²) in [4.78, 5) is 36.4. The Balaban J connectivity index is 1.63. The molecule has 2 heterocycles. The second-order valence-corrected chi connectivity index (χ2v) is 5.32. The van der Waals surface area contributed by atoms with E-state index in [-0.39, 0.29) is 13.0 Å². The van der Waals surface area contributed by atoms with Crippen molar-refractivity contribution in [2.75, 3.05) is 0 Å². The van der Waals surface area contributed by atoms with Gasteiger partial charge >= 0.3 is 12.0 Å². The van der Waals surface area contributed by atoms with Crippen molar-refractivity contribution in [3.63, 3.8) is 0 Å². The van der Waals surface area contributed by atoms with Crippen LogP contribution in [0.3, 0.4) is 0 Å². The predicted octanol–water partition coefficient (Wildman–Crippen LogP) is 1.08. The van der Waals surface area contributed by atoms with Crippen molar-refractivity contribution >= 4 is 17.8 Å². The van der Waals surface area contributed by atoms with Crippen molar-refractivity contribution in [3.05, 3.63) is 53.9 Å². The maximum absolute atomic E-state index is 12.1. The van der Waals surface area contributed by atoms with E-state index in [0.29, 0.717) is 0 Å². The number of aryl methyl sites for hydroxylation is 1. The van der Waals surface area contributed by atoms with Crippen LogP contribution >= 0.6 is 0 Å². The van der Waals surface area contributed by atoms with Crippen molar-refractivity contribution in [1.29, 1.82) is 0 Å². The van der Waals surface area contributed by atoms with Crippen LogP contribution in [-0.2, 0) is 34.4 Å². The first-order chi connectivity index (χ1) is 11.1. The second kappa shape index (κ2) is 6.04.